The zero-order valence-electron chi connectivity index (χ0n) is 13.1. The lowest BCUT2D eigenvalue weighted by Gasteiger charge is -2.47. The van der Waals surface area contributed by atoms with Crippen molar-refractivity contribution in [3.8, 4) is 0 Å². The molecule has 2 amide bonds. The lowest BCUT2D eigenvalue weighted by Crippen LogP contribution is -2.54. The van der Waals surface area contributed by atoms with Crippen molar-refractivity contribution in [2.45, 2.75) is 58.2 Å². The van der Waals surface area contributed by atoms with Crippen LogP contribution in [0.25, 0.3) is 0 Å². The number of nitrogens with zero attached hydrogens (tertiary/aromatic N) is 1. The first-order valence-corrected chi connectivity index (χ1v) is 7.69. The van der Waals surface area contributed by atoms with E-state index in [-0.39, 0.29) is 42.2 Å². The Kier molecular flexibility index (Phi) is 4.31. The Morgan fingerprint density at radius 3 is 2.48 bits per heavy atom. The number of nitrogens with two attached hydrogens (primary N) is 2. The molecule has 2 rings (SSSR count). The molecule has 1 heterocycles. The second kappa shape index (κ2) is 5.57. The maximum atomic E-state index is 12.9. The van der Waals surface area contributed by atoms with Gasteiger partial charge in [-0.3, -0.25) is 9.59 Å². The number of likely N-dealkylation sites (tertiary alicyclic amines) is 1. The van der Waals surface area contributed by atoms with Gasteiger partial charge in [-0.25, -0.2) is 0 Å². The molecule has 5 atom stereocenters. The maximum Gasteiger partial charge on any atom is 0.240 e. The largest absolute Gasteiger partial charge is 0.391 e. The topological polar surface area (TPSA) is 110 Å². The molecule has 1 aliphatic heterocycles. The zero-order valence-corrected chi connectivity index (χ0v) is 13.1. The number of amides is 2. The fourth-order valence-corrected chi connectivity index (χ4v) is 3.82. The summed E-state index contributed by atoms with van der Waals surface area (Å²) in [5.74, 6) is -0.573. The first-order valence-electron chi connectivity index (χ1n) is 7.69. The zero-order chi connectivity index (χ0) is 15.9. The molecule has 2 fully saturated rings. The Morgan fingerprint density at radius 2 is 1.90 bits per heavy atom. The third kappa shape index (κ3) is 2.79. The molecule has 6 heteroatoms. The number of primary amides is 1. The predicted octanol–water partition coefficient (Wildman–Crippen LogP) is -0.167. The van der Waals surface area contributed by atoms with Crippen LogP contribution in [0.5, 0.6) is 0 Å². The summed E-state index contributed by atoms with van der Waals surface area (Å²) in [5, 5.41) is 9.77. The van der Waals surface area contributed by atoms with Crippen LogP contribution in [0.2, 0.25) is 0 Å². The average Bonchev–Trinajstić information content (AvgIpc) is 2.78. The second-order valence-corrected chi connectivity index (χ2v) is 7.20. The molecule has 21 heavy (non-hydrogen) atoms. The van der Waals surface area contributed by atoms with E-state index >= 15 is 0 Å². The van der Waals surface area contributed by atoms with Gasteiger partial charge in [-0.1, -0.05) is 20.8 Å². The molecular weight excluding hydrogens is 270 g/mol. The van der Waals surface area contributed by atoms with E-state index in [4.69, 9.17) is 11.5 Å². The van der Waals surface area contributed by atoms with Crippen molar-refractivity contribution >= 4 is 11.8 Å². The van der Waals surface area contributed by atoms with Gasteiger partial charge in [0.25, 0.3) is 0 Å². The van der Waals surface area contributed by atoms with Crippen molar-refractivity contribution in [3.05, 3.63) is 0 Å². The minimum Gasteiger partial charge on any atom is -0.391 e. The van der Waals surface area contributed by atoms with Crippen LogP contribution in [0.15, 0.2) is 0 Å². The van der Waals surface area contributed by atoms with E-state index in [0.29, 0.717) is 0 Å². The molecule has 0 spiro atoms. The highest BCUT2D eigenvalue weighted by Crippen LogP contribution is 2.45. The summed E-state index contributed by atoms with van der Waals surface area (Å²) in [6.07, 6.45) is 1.09. The van der Waals surface area contributed by atoms with E-state index in [1.807, 2.05) is 0 Å². The van der Waals surface area contributed by atoms with Crippen LogP contribution in [-0.4, -0.2) is 46.6 Å². The van der Waals surface area contributed by atoms with Crippen molar-refractivity contribution in [3.63, 3.8) is 0 Å². The standard InChI is InChI=1S/C15H27N3O3/c1-8-11(16)5-4-10(15(8,2)3)14(21)18-7-9(19)6-12(18)13(17)20/h8-12,19H,4-7,16H2,1-3H3,(H2,17,20). The van der Waals surface area contributed by atoms with Crippen LogP contribution in [-0.2, 0) is 9.59 Å². The van der Waals surface area contributed by atoms with Crippen LogP contribution < -0.4 is 11.5 Å². The summed E-state index contributed by atoms with van der Waals surface area (Å²) in [5.41, 5.74) is 11.3. The third-order valence-corrected chi connectivity index (χ3v) is 5.69. The normalized spacial score (nSPS) is 39.3. The molecule has 0 aromatic carbocycles. The quantitative estimate of drug-likeness (QED) is 0.657. The van der Waals surface area contributed by atoms with Crippen molar-refractivity contribution in [1.29, 1.82) is 0 Å². The molecule has 5 unspecified atom stereocenters. The van der Waals surface area contributed by atoms with E-state index in [1.54, 1.807) is 0 Å². The summed E-state index contributed by atoms with van der Waals surface area (Å²) in [4.78, 5) is 25.9. The summed E-state index contributed by atoms with van der Waals surface area (Å²) in [6, 6.07) is -0.589. The number of hydrogen-bond donors (Lipinski definition) is 3. The molecule has 1 aliphatic carbocycles. The van der Waals surface area contributed by atoms with Crippen molar-refractivity contribution in [2.24, 2.45) is 28.7 Å². The molecule has 0 aromatic rings. The monoisotopic (exact) mass is 297 g/mol. The van der Waals surface area contributed by atoms with Crippen LogP contribution in [0.4, 0.5) is 0 Å². The van der Waals surface area contributed by atoms with E-state index in [2.05, 4.69) is 20.8 Å². The summed E-state index contributed by atoms with van der Waals surface area (Å²) in [7, 11) is 0. The Bertz CT molecular complexity index is 438. The highest BCUT2D eigenvalue weighted by molar-refractivity contribution is 5.88. The van der Waals surface area contributed by atoms with Crippen molar-refractivity contribution in [1.82, 2.24) is 4.90 Å². The number of aliphatic hydroxyl groups is 1. The van der Waals surface area contributed by atoms with E-state index < -0.39 is 18.1 Å². The third-order valence-electron chi connectivity index (χ3n) is 5.69. The van der Waals surface area contributed by atoms with Gasteiger partial charge < -0.3 is 21.5 Å². The molecule has 0 bridgehead atoms. The number of aliphatic hydroxyl groups excluding tert-OH is 1. The molecular formula is C15H27N3O3. The van der Waals surface area contributed by atoms with Gasteiger partial charge in [0.1, 0.15) is 6.04 Å². The summed E-state index contributed by atoms with van der Waals surface area (Å²) < 4.78 is 0. The molecule has 0 radical (unpaired) electrons. The van der Waals surface area contributed by atoms with Gasteiger partial charge in [-0.05, 0) is 24.2 Å². The van der Waals surface area contributed by atoms with Gasteiger partial charge in [-0.15, -0.1) is 0 Å². The summed E-state index contributed by atoms with van der Waals surface area (Å²) >= 11 is 0. The van der Waals surface area contributed by atoms with Crippen LogP contribution in [0.3, 0.4) is 0 Å². The number of rotatable bonds is 2. The van der Waals surface area contributed by atoms with Gasteiger partial charge in [0, 0.05) is 24.9 Å². The van der Waals surface area contributed by atoms with Crippen molar-refractivity contribution < 1.29 is 14.7 Å². The predicted molar refractivity (Wildman–Crippen MR) is 79.0 cm³/mol. The van der Waals surface area contributed by atoms with Gasteiger partial charge in [-0.2, -0.15) is 0 Å². The van der Waals surface area contributed by atoms with Crippen molar-refractivity contribution in [2.75, 3.05) is 6.54 Å². The van der Waals surface area contributed by atoms with E-state index in [9.17, 15) is 14.7 Å². The first-order chi connectivity index (χ1) is 9.66. The maximum absolute atomic E-state index is 12.9. The lowest BCUT2D eigenvalue weighted by atomic mass is 9.60. The molecule has 0 aromatic heterocycles. The van der Waals surface area contributed by atoms with Crippen LogP contribution in [0, 0.1) is 17.3 Å². The smallest absolute Gasteiger partial charge is 0.240 e. The number of hydrogen-bond acceptors (Lipinski definition) is 4. The molecule has 1 saturated heterocycles. The fourth-order valence-electron chi connectivity index (χ4n) is 3.82. The number of β-amino-alcohol motifs (C(OH)–C–C–N with tert-alkyl or cyclic N) is 1. The van der Waals surface area contributed by atoms with Crippen LogP contribution in [0.1, 0.15) is 40.0 Å². The van der Waals surface area contributed by atoms with E-state index in [0.717, 1.165) is 12.8 Å². The second-order valence-electron chi connectivity index (χ2n) is 7.20. The molecule has 5 N–H and O–H groups in total. The molecule has 2 aliphatic rings. The Morgan fingerprint density at radius 1 is 1.29 bits per heavy atom. The Labute approximate surface area is 125 Å². The molecule has 6 nitrogen and oxygen atoms in total. The van der Waals surface area contributed by atoms with Gasteiger partial charge in [0.05, 0.1) is 6.10 Å². The highest BCUT2D eigenvalue weighted by Gasteiger charge is 2.49. The van der Waals surface area contributed by atoms with Gasteiger partial charge >= 0.3 is 0 Å². The first kappa shape index (κ1) is 16.2. The minimum atomic E-state index is -0.686. The summed E-state index contributed by atoms with van der Waals surface area (Å²) in [6.45, 7) is 6.39. The minimum absolute atomic E-state index is 0.0703. The van der Waals surface area contributed by atoms with E-state index in [1.165, 1.54) is 4.90 Å². The van der Waals surface area contributed by atoms with Gasteiger partial charge in [0.2, 0.25) is 11.8 Å². The fraction of sp³-hybridized carbons (Fsp3) is 0.867. The van der Waals surface area contributed by atoms with Crippen LogP contribution >= 0.6 is 0 Å². The SMILES string of the molecule is CC1C(N)CCC(C(=O)N2CC(O)CC2C(N)=O)C1(C)C. The lowest BCUT2D eigenvalue weighted by molar-refractivity contribution is -0.147. The average molecular weight is 297 g/mol. The Balaban J connectivity index is 2.21. The Hall–Kier alpha value is -1.14. The van der Waals surface area contributed by atoms with Gasteiger partial charge in [0.15, 0.2) is 0 Å². The highest BCUT2D eigenvalue weighted by atomic mass is 16.3. The number of carbonyl (C=O) groups excluding carboxylic acids is 2. The molecule has 1 saturated carbocycles. The number of carbonyl (C=O) groups is 2. The molecule has 120 valence electrons.